The predicted octanol–water partition coefficient (Wildman–Crippen LogP) is 2.05. The third-order valence-electron chi connectivity index (χ3n) is 4.85. The molecule has 0 bridgehead atoms. The van der Waals surface area contributed by atoms with Crippen molar-refractivity contribution in [2.75, 3.05) is 27.2 Å². The fraction of sp³-hybridized carbons (Fsp3) is 0.300. The first kappa shape index (κ1) is 18.8. The Hall–Kier alpha value is -2.52. The van der Waals surface area contributed by atoms with Crippen LogP contribution in [0, 0.1) is 0 Å². The van der Waals surface area contributed by atoms with Gasteiger partial charge in [0.2, 0.25) is 0 Å². The van der Waals surface area contributed by atoms with Crippen LogP contribution >= 0.6 is 11.3 Å². The molecule has 7 nitrogen and oxygen atoms in total. The van der Waals surface area contributed by atoms with Gasteiger partial charge in [-0.1, -0.05) is 12.1 Å². The normalized spacial score (nSPS) is 11.9. The number of aliphatic hydroxyl groups is 1. The minimum absolute atomic E-state index is 0.107. The number of benzene rings is 1. The zero-order valence-corrected chi connectivity index (χ0v) is 16.7. The van der Waals surface area contributed by atoms with Crippen LogP contribution in [0.3, 0.4) is 0 Å². The quantitative estimate of drug-likeness (QED) is 0.444. The van der Waals surface area contributed by atoms with E-state index in [0.29, 0.717) is 18.7 Å². The van der Waals surface area contributed by atoms with Gasteiger partial charge in [0.15, 0.2) is 5.65 Å². The molecule has 1 aromatic carbocycles. The second-order valence-corrected chi connectivity index (χ2v) is 7.91. The molecule has 3 aromatic heterocycles. The predicted molar refractivity (Wildman–Crippen MR) is 113 cm³/mol. The molecular weight excluding hydrogens is 374 g/mol. The molecule has 0 aliphatic carbocycles. The van der Waals surface area contributed by atoms with E-state index in [1.807, 2.05) is 25.1 Å². The number of thiophene rings is 1. The van der Waals surface area contributed by atoms with E-state index < -0.39 is 0 Å². The summed E-state index contributed by atoms with van der Waals surface area (Å²) in [6.45, 7) is 2.20. The Balaban J connectivity index is 1.87. The number of aromatic amines is 1. The number of nitrogens with one attached hydrogen (secondary N) is 2. The Morgan fingerprint density at radius 2 is 2.14 bits per heavy atom. The smallest absolute Gasteiger partial charge is 0.348 e. The lowest BCUT2D eigenvalue weighted by Crippen LogP contribution is -2.22. The lowest BCUT2D eigenvalue weighted by Gasteiger charge is -2.17. The number of nitrogens with zero attached hydrogens (tertiary/aromatic N) is 3. The summed E-state index contributed by atoms with van der Waals surface area (Å²) in [6.07, 6.45) is 0. The third-order valence-corrected chi connectivity index (χ3v) is 5.78. The maximum Gasteiger partial charge on any atom is 0.348 e. The van der Waals surface area contributed by atoms with Gasteiger partial charge in [-0.2, -0.15) is 5.10 Å². The van der Waals surface area contributed by atoms with Gasteiger partial charge in [-0.05, 0) is 54.4 Å². The summed E-state index contributed by atoms with van der Waals surface area (Å²) in [5, 5.41) is 22.2. The molecule has 0 aliphatic rings. The standard InChI is InChI=1S/C20H23N5O2S/c1-21-10-16-7-15(12-28-16)13-3-4-17-14(11-24(2)5-6-26)9-19-22-23-20(27)25(19)18(17)8-13/h3-4,7-9,12,21,26H,5-6,10-11H2,1-2H3,(H,23,27). The largest absolute Gasteiger partial charge is 0.395 e. The van der Waals surface area contributed by atoms with Crippen LogP contribution in [0.4, 0.5) is 0 Å². The Morgan fingerprint density at radius 3 is 2.93 bits per heavy atom. The summed E-state index contributed by atoms with van der Waals surface area (Å²) < 4.78 is 1.62. The highest BCUT2D eigenvalue weighted by atomic mass is 32.1. The number of pyridine rings is 1. The Labute approximate surface area is 166 Å². The second kappa shape index (κ2) is 7.84. The van der Waals surface area contributed by atoms with Crippen LogP contribution in [0.5, 0.6) is 0 Å². The number of likely N-dealkylation sites (N-methyl/N-ethyl adjacent to an activating group) is 1. The molecule has 0 aliphatic heterocycles. The van der Waals surface area contributed by atoms with Crippen LogP contribution in [-0.2, 0) is 13.1 Å². The second-order valence-electron chi connectivity index (χ2n) is 6.92. The van der Waals surface area contributed by atoms with Gasteiger partial charge in [0.05, 0.1) is 12.1 Å². The van der Waals surface area contributed by atoms with Crippen molar-refractivity contribution in [2.24, 2.45) is 0 Å². The molecule has 3 heterocycles. The molecule has 0 atom stereocenters. The summed E-state index contributed by atoms with van der Waals surface area (Å²) >= 11 is 1.72. The molecule has 28 heavy (non-hydrogen) atoms. The molecule has 0 unspecified atom stereocenters. The van der Waals surface area contributed by atoms with E-state index in [1.54, 1.807) is 15.7 Å². The van der Waals surface area contributed by atoms with Crippen molar-refractivity contribution in [2.45, 2.75) is 13.1 Å². The van der Waals surface area contributed by atoms with Crippen molar-refractivity contribution < 1.29 is 5.11 Å². The lowest BCUT2D eigenvalue weighted by molar-refractivity contribution is 0.217. The monoisotopic (exact) mass is 397 g/mol. The van der Waals surface area contributed by atoms with Crippen molar-refractivity contribution in [3.63, 3.8) is 0 Å². The van der Waals surface area contributed by atoms with Crippen molar-refractivity contribution in [3.8, 4) is 11.1 Å². The summed E-state index contributed by atoms with van der Waals surface area (Å²) in [7, 11) is 3.90. The van der Waals surface area contributed by atoms with Gasteiger partial charge in [0, 0.05) is 29.9 Å². The maximum atomic E-state index is 12.4. The molecule has 0 fully saturated rings. The Bertz CT molecular complexity index is 1180. The Kier molecular flexibility index (Phi) is 5.27. The van der Waals surface area contributed by atoms with Crippen molar-refractivity contribution >= 4 is 27.9 Å². The minimum Gasteiger partial charge on any atom is -0.395 e. The summed E-state index contributed by atoms with van der Waals surface area (Å²) in [4.78, 5) is 15.7. The molecule has 8 heteroatoms. The fourth-order valence-corrected chi connectivity index (χ4v) is 4.42. The molecule has 4 aromatic rings. The lowest BCUT2D eigenvalue weighted by atomic mass is 10.0. The zero-order valence-electron chi connectivity index (χ0n) is 15.9. The van der Waals surface area contributed by atoms with Gasteiger partial charge in [-0.25, -0.2) is 14.3 Å². The van der Waals surface area contributed by atoms with Crippen LogP contribution in [-0.4, -0.2) is 51.9 Å². The summed E-state index contributed by atoms with van der Waals surface area (Å²) in [5.74, 6) is 0. The highest BCUT2D eigenvalue weighted by Crippen LogP contribution is 2.30. The maximum absolute atomic E-state index is 12.4. The topological polar surface area (TPSA) is 85.7 Å². The first-order chi connectivity index (χ1) is 13.6. The van der Waals surface area contributed by atoms with Crippen LogP contribution in [0.1, 0.15) is 10.4 Å². The van der Waals surface area contributed by atoms with Crippen LogP contribution in [0.25, 0.3) is 27.7 Å². The first-order valence-corrected chi connectivity index (χ1v) is 10.0. The van der Waals surface area contributed by atoms with E-state index in [4.69, 9.17) is 0 Å². The molecular formula is C20H23N5O2S. The van der Waals surface area contributed by atoms with Crippen LogP contribution in [0.2, 0.25) is 0 Å². The first-order valence-electron chi connectivity index (χ1n) is 9.15. The minimum atomic E-state index is -0.242. The van der Waals surface area contributed by atoms with Crippen LogP contribution in [0.15, 0.2) is 40.5 Å². The number of fused-ring (bicyclic) bond motifs is 3. The summed E-state index contributed by atoms with van der Waals surface area (Å²) in [5.41, 5.74) is 4.48. The van der Waals surface area contributed by atoms with E-state index in [0.717, 1.165) is 34.1 Å². The SMILES string of the molecule is CNCc1cc(-c2ccc3c(CN(C)CCO)cc4n[nH]c(=O)n4c3c2)cs1. The average Bonchev–Trinajstić information content (AvgIpc) is 3.29. The van der Waals surface area contributed by atoms with Gasteiger partial charge in [-0.15, -0.1) is 11.3 Å². The highest BCUT2D eigenvalue weighted by Gasteiger charge is 2.13. The van der Waals surface area contributed by atoms with Gasteiger partial charge >= 0.3 is 5.69 Å². The number of rotatable bonds is 7. The highest BCUT2D eigenvalue weighted by molar-refractivity contribution is 7.10. The molecule has 0 spiro atoms. The van der Waals surface area contributed by atoms with E-state index in [-0.39, 0.29) is 12.3 Å². The summed E-state index contributed by atoms with van der Waals surface area (Å²) in [6, 6.07) is 10.3. The molecule has 3 N–H and O–H groups in total. The van der Waals surface area contributed by atoms with Gasteiger partial charge < -0.3 is 10.4 Å². The molecule has 0 saturated heterocycles. The van der Waals surface area contributed by atoms with Crippen LogP contribution < -0.4 is 11.0 Å². The van der Waals surface area contributed by atoms with Gasteiger partial charge in [0.1, 0.15) is 0 Å². The number of hydrogen-bond acceptors (Lipinski definition) is 6. The van der Waals surface area contributed by atoms with Gasteiger partial charge in [-0.3, -0.25) is 4.90 Å². The molecule has 0 saturated carbocycles. The van der Waals surface area contributed by atoms with E-state index in [9.17, 15) is 9.90 Å². The van der Waals surface area contributed by atoms with Crippen molar-refractivity contribution in [1.29, 1.82) is 0 Å². The van der Waals surface area contributed by atoms with E-state index >= 15 is 0 Å². The van der Waals surface area contributed by atoms with E-state index in [2.05, 4.69) is 45.2 Å². The zero-order chi connectivity index (χ0) is 19.7. The Morgan fingerprint density at radius 1 is 1.29 bits per heavy atom. The molecule has 4 rings (SSSR count). The van der Waals surface area contributed by atoms with E-state index in [1.165, 1.54) is 4.88 Å². The molecule has 0 amide bonds. The average molecular weight is 398 g/mol. The van der Waals surface area contributed by atoms with Crippen molar-refractivity contribution in [1.82, 2.24) is 24.8 Å². The number of aromatic nitrogens is 3. The molecule has 0 radical (unpaired) electrons. The number of aliphatic hydroxyl groups excluding tert-OH is 1. The van der Waals surface area contributed by atoms with Gasteiger partial charge in [0.25, 0.3) is 0 Å². The number of hydrogen-bond donors (Lipinski definition) is 3. The fourth-order valence-electron chi connectivity index (χ4n) is 3.51. The molecule has 146 valence electrons. The number of H-pyrrole nitrogens is 1. The third kappa shape index (κ3) is 3.47. The van der Waals surface area contributed by atoms with Crippen molar-refractivity contribution in [3.05, 3.63) is 56.6 Å².